The van der Waals surface area contributed by atoms with Crippen molar-refractivity contribution in [1.82, 2.24) is 0 Å². The van der Waals surface area contributed by atoms with Crippen molar-refractivity contribution in [3.63, 3.8) is 0 Å². The van der Waals surface area contributed by atoms with Crippen LogP contribution < -0.4 is 21.9 Å². The van der Waals surface area contributed by atoms with Crippen molar-refractivity contribution in [3.05, 3.63) is 96.9 Å². The van der Waals surface area contributed by atoms with Gasteiger partial charge in [-0.1, -0.05) is 120 Å². The number of hydrogen-bond donors (Lipinski definition) is 0. The molecule has 0 N–H and O–H groups in total. The predicted molar refractivity (Wildman–Crippen MR) is 117 cm³/mol. The Labute approximate surface area is 154 Å². The Balaban J connectivity index is 1.99. The van der Waals surface area contributed by atoms with Gasteiger partial charge in [0.05, 0.1) is 0 Å². The third-order valence-electron chi connectivity index (χ3n) is 3.88. The Morgan fingerprint density at radius 3 is 1.72 bits per heavy atom. The monoisotopic (exact) mass is 319 g/mol. The largest absolute Gasteiger partial charge is 0.191 e. The van der Waals surface area contributed by atoms with Gasteiger partial charge in [-0.05, 0) is 6.92 Å². The SMILES string of the molecule is C=C/C=C(\C)[B]c1ccc([B]c2ccc([B]/C(C=C)=C/C)cc2)cc1. The summed E-state index contributed by atoms with van der Waals surface area (Å²) >= 11 is 0. The molecule has 2 aromatic carbocycles. The van der Waals surface area contributed by atoms with Gasteiger partial charge in [-0.2, -0.15) is 0 Å². The van der Waals surface area contributed by atoms with Crippen LogP contribution >= 0.6 is 0 Å². The number of allylic oxidation sites excluding steroid dienone is 6. The predicted octanol–water partition coefficient (Wildman–Crippen LogP) is 2.18. The van der Waals surface area contributed by atoms with E-state index in [1.807, 2.05) is 25.2 Å². The molecule has 0 bridgehead atoms. The normalized spacial score (nSPS) is 11.6. The van der Waals surface area contributed by atoms with Crippen LogP contribution in [0.1, 0.15) is 13.8 Å². The maximum absolute atomic E-state index is 3.82. The van der Waals surface area contributed by atoms with Gasteiger partial charge in [0.25, 0.3) is 0 Å². The molecular weight excluding hydrogens is 297 g/mol. The van der Waals surface area contributed by atoms with E-state index in [2.05, 4.69) is 96.5 Å². The van der Waals surface area contributed by atoms with Crippen LogP contribution in [0.2, 0.25) is 0 Å². The van der Waals surface area contributed by atoms with Crippen molar-refractivity contribution in [2.75, 3.05) is 0 Å². The van der Waals surface area contributed by atoms with Crippen molar-refractivity contribution < 1.29 is 0 Å². The summed E-state index contributed by atoms with van der Waals surface area (Å²) in [5, 5.41) is 0. The summed E-state index contributed by atoms with van der Waals surface area (Å²) in [7, 11) is 6.46. The Morgan fingerprint density at radius 1 is 0.800 bits per heavy atom. The summed E-state index contributed by atoms with van der Waals surface area (Å²) in [5.74, 6) is 0. The van der Waals surface area contributed by atoms with Gasteiger partial charge in [0.1, 0.15) is 0 Å². The van der Waals surface area contributed by atoms with E-state index in [0.29, 0.717) is 0 Å². The molecule has 2 aromatic rings. The molecule has 0 aromatic heterocycles. The average molecular weight is 319 g/mol. The first-order valence-corrected chi connectivity index (χ1v) is 8.47. The minimum absolute atomic E-state index is 1.13. The van der Waals surface area contributed by atoms with Crippen LogP contribution in [-0.2, 0) is 0 Å². The molecule has 3 heteroatoms. The van der Waals surface area contributed by atoms with Crippen molar-refractivity contribution in [1.29, 1.82) is 0 Å². The summed E-state index contributed by atoms with van der Waals surface area (Å²) in [6.07, 6.45) is 7.73. The molecule has 3 radical (unpaired) electrons. The standard InChI is InChI=1S/C22H22B3/c1-5-8-17(4)23-19-9-11-21(12-10-19)25-22-15-13-20(14-16-22)24-18(6-2)7-3/h5-16H,1-2H2,3-4H3/b17-8+,18-7+. The molecule has 0 amide bonds. The van der Waals surface area contributed by atoms with Gasteiger partial charge in [0.2, 0.25) is 0 Å². The van der Waals surface area contributed by atoms with Crippen LogP contribution in [0.25, 0.3) is 0 Å². The highest BCUT2D eigenvalue weighted by molar-refractivity contribution is 6.68. The Bertz CT molecular complexity index is 766. The van der Waals surface area contributed by atoms with E-state index in [1.54, 1.807) is 0 Å². The van der Waals surface area contributed by atoms with E-state index >= 15 is 0 Å². The minimum Gasteiger partial charge on any atom is -0.106 e. The van der Waals surface area contributed by atoms with Crippen molar-refractivity contribution in [3.8, 4) is 0 Å². The van der Waals surface area contributed by atoms with Crippen LogP contribution in [-0.4, -0.2) is 21.8 Å². The van der Waals surface area contributed by atoms with E-state index in [9.17, 15) is 0 Å². The molecule has 0 saturated carbocycles. The number of benzene rings is 2. The lowest BCUT2D eigenvalue weighted by atomic mass is 9.59. The molecule has 0 spiro atoms. The van der Waals surface area contributed by atoms with E-state index in [1.165, 1.54) is 27.3 Å². The molecule has 0 atom stereocenters. The molecule has 0 saturated heterocycles. The van der Waals surface area contributed by atoms with Crippen LogP contribution in [0.15, 0.2) is 96.9 Å². The maximum atomic E-state index is 3.82. The zero-order valence-corrected chi connectivity index (χ0v) is 15.1. The second-order valence-electron chi connectivity index (χ2n) is 5.91. The second-order valence-corrected chi connectivity index (χ2v) is 5.91. The van der Waals surface area contributed by atoms with E-state index in [0.717, 1.165) is 5.47 Å². The first-order chi connectivity index (χ1) is 12.1. The lowest BCUT2D eigenvalue weighted by Crippen LogP contribution is -2.30. The summed E-state index contributed by atoms with van der Waals surface area (Å²) in [6, 6.07) is 17.1. The molecule has 0 aliphatic carbocycles. The minimum atomic E-state index is 1.13. The fourth-order valence-electron chi connectivity index (χ4n) is 2.52. The highest BCUT2D eigenvalue weighted by Gasteiger charge is 2.03. The topological polar surface area (TPSA) is 0 Å². The zero-order chi connectivity index (χ0) is 18.1. The van der Waals surface area contributed by atoms with Gasteiger partial charge >= 0.3 is 0 Å². The Kier molecular flexibility index (Phi) is 7.41. The Hall–Kier alpha value is -2.41. The van der Waals surface area contributed by atoms with Crippen LogP contribution in [0, 0.1) is 0 Å². The molecule has 0 aliphatic rings. The van der Waals surface area contributed by atoms with Crippen LogP contribution in [0.4, 0.5) is 0 Å². The molecule has 0 aliphatic heterocycles. The molecule has 0 nitrogen and oxygen atoms in total. The lowest BCUT2D eigenvalue weighted by Gasteiger charge is -2.05. The van der Waals surface area contributed by atoms with Gasteiger partial charge < -0.3 is 0 Å². The van der Waals surface area contributed by atoms with Crippen LogP contribution in [0.5, 0.6) is 0 Å². The molecule has 119 valence electrons. The molecule has 0 fully saturated rings. The molecule has 0 unspecified atom stereocenters. The van der Waals surface area contributed by atoms with E-state index in [-0.39, 0.29) is 0 Å². The summed E-state index contributed by atoms with van der Waals surface area (Å²) in [4.78, 5) is 0. The third-order valence-corrected chi connectivity index (χ3v) is 3.88. The van der Waals surface area contributed by atoms with E-state index < -0.39 is 0 Å². The van der Waals surface area contributed by atoms with Crippen LogP contribution in [0.3, 0.4) is 0 Å². The fraction of sp³-hybridized carbons (Fsp3) is 0.0909. The quantitative estimate of drug-likeness (QED) is 0.517. The average Bonchev–Trinajstić information content (AvgIpc) is 2.63. The van der Waals surface area contributed by atoms with Gasteiger partial charge in [-0.15, -0.1) is 5.47 Å². The van der Waals surface area contributed by atoms with Gasteiger partial charge in [-0.3, -0.25) is 0 Å². The molecule has 25 heavy (non-hydrogen) atoms. The highest BCUT2D eigenvalue weighted by Crippen LogP contribution is 1.94. The number of hydrogen-bond acceptors (Lipinski definition) is 0. The summed E-state index contributed by atoms with van der Waals surface area (Å²) in [5.41, 5.74) is 7.08. The fourth-order valence-corrected chi connectivity index (χ4v) is 2.52. The van der Waals surface area contributed by atoms with Crippen molar-refractivity contribution in [2.24, 2.45) is 0 Å². The smallest absolute Gasteiger partial charge is 0.106 e. The number of rotatable bonds is 8. The lowest BCUT2D eigenvalue weighted by molar-refractivity contribution is 1.64. The van der Waals surface area contributed by atoms with Gasteiger partial charge in [-0.25, -0.2) is 0 Å². The second kappa shape index (κ2) is 9.79. The Morgan fingerprint density at radius 2 is 1.28 bits per heavy atom. The highest BCUT2D eigenvalue weighted by atomic mass is 13.9. The third kappa shape index (κ3) is 6.19. The first kappa shape index (κ1) is 18.9. The summed E-state index contributed by atoms with van der Waals surface area (Å²) < 4.78 is 0. The molecular formula is C22H22B3. The van der Waals surface area contributed by atoms with E-state index in [4.69, 9.17) is 0 Å². The maximum Gasteiger partial charge on any atom is 0.191 e. The molecule has 2 rings (SSSR count). The summed E-state index contributed by atoms with van der Waals surface area (Å²) in [6.45, 7) is 11.6. The molecule has 0 heterocycles. The van der Waals surface area contributed by atoms with Crippen molar-refractivity contribution >= 4 is 43.7 Å². The van der Waals surface area contributed by atoms with Gasteiger partial charge in [0.15, 0.2) is 21.8 Å². The first-order valence-electron chi connectivity index (χ1n) is 8.47. The zero-order valence-electron chi connectivity index (χ0n) is 15.1. The van der Waals surface area contributed by atoms with Gasteiger partial charge in [0, 0.05) is 0 Å². The van der Waals surface area contributed by atoms with Crippen molar-refractivity contribution in [2.45, 2.75) is 13.8 Å².